The Balaban J connectivity index is 2.35. The predicted octanol–water partition coefficient (Wildman–Crippen LogP) is 2.30. The van der Waals surface area contributed by atoms with Crippen LogP contribution in [0.5, 0.6) is 5.75 Å². The molecule has 1 aromatic carbocycles. The second kappa shape index (κ2) is 5.27. The fourth-order valence-electron chi connectivity index (χ4n) is 1.85. The molecular weight excluding hydrogens is 291 g/mol. The summed E-state index contributed by atoms with van der Waals surface area (Å²) >= 11 is 0. The molecular formula is C13H12F3NO4. The summed E-state index contributed by atoms with van der Waals surface area (Å²) in [5, 5.41) is 2.00. The van der Waals surface area contributed by atoms with Gasteiger partial charge >= 0.3 is 6.18 Å². The molecule has 1 N–H and O–H groups in total. The van der Waals surface area contributed by atoms with Crippen LogP contribution in [0.4, 0.5) is 18.9 Å². The third kappa shape index (κ3) is 2.79. The molecule has 0 saturated carbocycles. The summed E-state index contributed by atoms with van der Waals surface area (Å²) in [6, 6.07) is 0.307. The normalized spacial score (nSPS) is 13.4. The van der Waals surface area contributed by atoms with Gasteiger partial charge in [0, 0.05) is 0 Å². The van der Waals surface area contributed by atoms with E-state index in [1.165, 1.54) is 13.0 Å². The molecule has 8 heteroatoms. The third-order valence-corrected chi connectivity index (χ3v) is 2.82. The van der Waals surface area contributed by atoms with Crippen molar-refractivity contribution >= 4 is 5.69 Å². The first-order valence-corrected chi connectivity index (χ1v) is 6.11. The summed E-state index contributed by atoms with van der Waals surface area (Å²) in [6.07, 6.45) is -4.70. The smallest absolute Gasteiger partial charge is 0.415 e. The van der Waals surface area contributed by atoms with Crippen LogP contribution in [0.3, 0.4) is 0 Å². The Hall–Kier alpha value is -2.25. The Morgan fingerprint density at radius 1 is 1.29 bits per heavy atom. The van der Waals surface area contributed by atoms with Crippen LogP contribution in [0.2, 0.25) is 0 Å². The molecule has 2 rings (SSSR count). The molecule has 114 valence electrons. The summed E-state index contributed by atoms with van der Waals surface area (Å²) in [5.74, 6) is -0.466. The molecule has 0 fully saturated rings. The number of anilines is 1. The molecule has 5 nitrogen and oxygen atoms in total. The first kappa shape index (κ1) is 15.1. The molecule has 0 radical (unpaired) electrons. The standard InChI is InChI=1S/C13H12F3NO4/c1-3-20-11-8(9(18)10(11)19)17-12(13(14,15)16)7-5-4-6(2)21-7/h4-5,12,17H,3H2,1-2H3/t12-/m1/s1. The van der Waals surface area contributed by atoms with E-state index in [0.717, 1.165) is 6.07 Å². The summed E-state index contributed by atoms with van der Waals surface area (Å²) in [7, 11) is 0. The zero-order valence-electron chi connectivity index (χ0n) is 11.2. The van der Waals surface area contributed by atoms with Crippen molar-refractivity contribution in [3.8, 4) is 5.75 Å². The van der Waals surface area contributed by atoms with E-state index in [4.69, 9.17) is 9.15 Å². The number of halogens is 3. The van der Waals surface area contributed by atoms with Crippen molar-refractivity contribution in [3.05, 3.63) is 44.1 Å². The van der Waals surface area contributed by atoms with Gasteiger partial charge in [-0.25, -0.2) is 0 Å². The molecule has 0 bridgehead atoms. The maximum absolute atomic E-state index is 13.1. The molecule has 1 aromatic heterocycles. The van der Waals surface area contributed by atoms with E-state index >= 15 is 0 Å². The Kier molecular flexibility index (Phi) is 3.80. The van der Waals surface area contributed by atoms with Gasteiger partial charge in [0.2, 0.25) is 0 Å². The predicted molar refractivity (Wildman–Crippen MR) is 68.4 cm³/mol. The number of hydrogen-bond acceptors (Lipinski definition) is 5. The molecule has 0 spiro atoms. The Bertz CT molecular complexity index is 710. The molecule has 1 atom stereocenters. The van der Waals surface area contributed by atoms with Crippen LogP contribution in [-0.4, -0.2) is 12.8 Å². The molecule has 2 aromatic rings. The molecule has 1 heterocycles. The van der Waals surface area contributed by atoms with Gasteiger partial charge in [0.15, 0.2) is 11.8 Å². The fourth-order valence-corrected chi connectivity index (χ4v) is 1.85. The molecule has 0 aliphatic heterocycles. The van der Waals surface area contributed by atoms with Crippen molar-refractivity contribution in [2.45, 2.75) is 26.1 Å². The largest absolute Gasteiger partial charge is 0.488 e. The number of aryl methyl sites for hydroxylation is 1. The average molecular weight is 303 g/mol. The highest BCUT2D eigenvalue weighted by molar-refractivity contribution is 5.62. The zero-order valence-corrected chi connectivity index (χ0v) is 11.2. The van der Waals surface area contributed by atoms with Crippen LogP contribution in [0.15, 0.2) is 26.1 Å². The lowest BCUT2D eigenvalue weighted by Gasteiger charge is -2.22. The van der Waals surface area contributed by atoms with E-state index in [1.54, 1.807) is 6.92 Å². The topological polar surface area (TPSA) is 68.5 Å². The minimum atomic E-state index is -4.70. The van der Waals surface area contributed by atoms with Crippen LogP contribution in [0.25, 0.3) is 0 Å². The molecule has 21 heavy (non-hydrogen) atoms. The monoisotopic (exact) mass is 303 g/mol. The van der Waals surface area contributed by atoms with Gasteiger partial charge in [-0.05, 0) is 26.0 Å². The molecule has 0 unspecified atom stereocenters. The van der Waals surface area contributed by atoms with Crippen LogP contribution in [-0.2, 0) is 0 Å². The summed E-state index contributed by atoms with van der Waals surface area (Å²) in [5.41, 5.74) is -2.44. The Labute approximate surface area is 117 Å². The average Bonchev–Trinajstić information content (AvgIpc) is 2.82. The van der Waals surface area contributed by atoms with Crippen molar-refractivity contribution in [3.63, 3.8) is 0 Å². The van der Waals surface area contributed by atoms with E-state index < -0.39 is 34.5 Å². The minimum absolute atomic E-state index is 0.0656. The number of ether oxygens (including phenoxy) is 1. The number of hydrogen-bond donors (Lipinski definition) is 1. The number of nitrogens with one attached hydrogen (secondary N) is 1. The molecule has 0 aliphatic rings. The van der Waals surface area contributed by atoms with Crippen LogP contribution in [0.1, 0.15) is 24.5 Å². The third-order valence-electron chi connectivity index (χ3n) is 2.82. The van der Waals surface area contributed by atoms with Gasteiger partial charge in [-0.1, -0.05) is 0 Å². The second-order valence-electron chi connectivity index (χ2n) is 4.36. The second-order valence-corrected chi connectivity index (χ2v) is 4.36. The Morgan fingerprint density at radius 3 is 2.43 bits per heavy atom. The van der Waals surface area contributed by atoms with Crippen LogP contribution in [0, 0.1) is 6.92 Å². The first-order chi connectivity index (χ1) is 9.75. The number of furan rings is 1. The van der Waals surface area contributed by atoms with Crippen molar-refractivity contribution in [1.82, 2.24) is 0 Å². The lowest BCUT2D eigenvalue weighted by Crippen LogP contribution is -2.39. The van der Waals surface area contributed by atoms with Crippen molar-refractivity contribution < 1.29 is 22.3 Å². The number of alkyl halides is 3. The summed E-state index contributed by atoms with van der Waals surface area (Å²) < 4.78 is 49.1. The highest BCUT2D eigenvalue weighted by atomic mass is 19.4. The van der Waals surface area contributed by atoms with E-state index in [1.807, 2.05) is 5.32 Å². The van der Waals surface area contributed by atoms with Crippen LogP contribution < -0.4 is 20.9 Å². The van der Waals surface area contributed by atoms with Crippen LogP contribution >= 0.6 is 0 Å². The SMILES string of the molecule is CCOc1c(N[C@H](c2ccc(C)o2)C(F)(F)F)c(=O)c1=O. The van der Waals surface area contributed by atoms with E-state index in [-0.39, 0.29) is 12.4 Å². The zero-order chi connectivity index (χ0) is 15.8. The van der Waals surface area contributed by atoms with Gasteiger partial charge < -0.3 is 14.5 Å². The Morgan fingerprint density at radius 2 is 1.95 bits per heavy atom. The van der Waals surface area contributed by atoms with Gasteiger partial charge in [-0.15, -0.1) is 0 Å². The van der Waals surface area contributed by atoms with Gasteiger partial charge in [0.25, 0.3) is 10.9 Å². The maximum Gasteiger partial charge on any atom is 0.415 e. The van der Waals surface area contributed by atoms with E-state index in [2.05, 4.69) is 0 Å². The van der Waals surface area contributed by atoms with Gasteiger partial charge in [0.05, 0.1) is 6.61 Å². The molecule has 0 amide bonds. The fraction of sp³-hybridized carbons (Fsp3) is 0.385. The van der Waals surface area contributed by atoms with E-state index in [9.17, 15) is 22.8 Å². The quantitative estimate of drug-likeness (QED) is 0.858. The van der Waals surface area contributed by atoms with Gasteiger partial charge in [-0.3, -0.25) is 9.59 Å². The summed E-state index contributed by atoms with van der Waals surface area (Å²) in [4.78, 5) is 22.7. The molecule has 0 aliphatic carbocycles. The van der Waals surface area contributed by atoms with Gasteiger partial charge in [-0.2, -0.15) is 13.2 Å². The lowest BCUT2D eigenvalue weighted by molar-refractivity contribution is -0.147. The van der Waals surface area contributed by atoms with Gasteiger partial charge in [0.1, 0.15) is 17.2 Å². The molecule has 0 saturated heterocycles. The maximum atomic E-state index is 13.1. The summed E-state index contributed by atoms with van der Waals surface area (Å²) in [6.45, 7) is 3.12. The minimum Gasteiger partial charge on any atom is -0.488 e. The highest BCUT2D eigenvalue weighted by Crippen LogP contribution is 2.37. The van der Waals surface area contributed by atoms with Crippen molar-refractivity contribution in [2.75, 3.05) is 11.9 Å². The van der Waals surface area contributed by atoms with Crippen molar-refractivity contribution in [2.24, 2.45) is 0 Å². The van der Waals surface area contributed by atoms with E-state index in [0.29, 0.717) is 5.76 Å². The first-order valence-electron chi connectivity index (χ1n) is 6.11. The number of rotatable bonds is 5. The lowest BCUT2D eigenvalue weighted by atomic mass is 10.1. The van der Waals surface area contributed by atoms with Crippen molar-refractivity contribution in [1.29, 1.82) is 0 Å². The highest BCUT2D eigenvalue weighted by Gasteiger charge is 2.44.